The highest BCUT2D eigenvalue weighted by Gasteiger charge is 2.14. The van der Waals surface area contributed by atoms with E-state index in [-0.39, 0.29) is 16.6 Å². The highest BCUT2D eigenvalue weighted by Crippen LogP contribution is 2.22. The van der Waals surface area contributed by atoms with Gasteiger partial charge in [0.05, 0.1) is 0 Å². The quantitative estimate of drug-likeness (QED) is 0.858. The third kappa shape index (κ3) is 3.54. The predicted octanol–water partition coefficient (Wildman–Crippen LogP) is 3.68. The van der Waals surface area contributed by atoms with E-state index >= 15 is 0 Å². The topological polar surface area (TPSA) is 54.9 Å². The smallest absolute Gasteiger partial charge is 0.256 e. The molecule has 4 nitrogen and oxygen atoms in total. The number of anilines is 1. The Morgan fingerprint density at radius 3 is 2.35 bits per heavy atom. The maximum atomic E-state index is 12.1. The fraction of sp³-hybridized carbons (Fsp3) is 0.267. The minimum atomic E-state index is -0.222. The molecular formula is C15H16ClN3O. The summed E-state index contributed by atoms with van der Waals surface area (Å²) >= 11 is 5.67. The number of halogens is 1. The number of carbonyl (C=O) groups is 1. The standard InChI is InChI=1S/C15H16ClN3O/c1-15(2,3)11-6-4-10(5-7-11)13(20)18-12-8-9-17-14(16)19-12/h4-9H,1-3H3,(H,17,18,19,20). The molecule has 0 fully saturated rings. The first-order valence-electron chi connectivity index (χ1n) is 6.27. The van der Waals surface area contributed by atoms with Gasteiger partial charge in [0.15, 0.2) is 0 Å². The number of carbonyl (C=O) groups excluding carboxylic acids is 1. The predicted molar refractivity (Wildman–Crippen MR) is 80.1 cm³/mol. The van der Waals surface area contributed by atoms with Crippen LogP contribution in [0.5, 0.6) is 0 Å². The van der Waals surface area contributed by atoms with Crippen LogP contribution in [0, 0.1) is 0 Å². The Labute approximate surface area is 123 Å². The van der Waals surface area contributed by atoms with Crippen LogP contribution in [0.4, 0.5) is 5.82 Å². The molecule has 0 bridgehead atoms. The lowest BCUT2D eigenvalue weighted by atomic mass is 9.87. The van der Waals surface area contributed by atoms with Gasteiger partial charge >= 0.3 is 0 Å². The van der Waals surface area contributed by atoms with E-state index in [4.69, 9.17) is 11.6 Å². The molecule has 0 aliphatic rings. The summed E-state index contributed by atoms with van der Waals surface area (Å²) in [5.41, 5.74) is 1.82. The van der Waals surface area contributed by atoms with Gasteiger partial charge in [-0.25, -0.2) is 9.97 Å². The molecule has 1 aromatic carbocycles. The number of rotatable bonds is 2. The van der Waals surface area contributed by atoms with Crippen molar-refractivity contribution in [3.8, 4) is 0 Å². The summed E-state index contributed by atoms with van der Waals surface area (Å²) in [4.78, 5) is 19.8. The van der Waals surface area contributed by atoms with Crippen LogP contribution < -0.4 is 5.32 Å². The number of hydrogen-bond acceptors (Lipinski definition) is 3. The molecule has 1 aromatic heterocycles. The Hall–Kier alpha value is -1.94. The van der Waals surface area contributed by atoms with E-state index in [9.17, 15) is 4.79 Å². The third-order valence-electron chi connectivity index (χ3n) is 2.88. The molecule has 0 unspecified atom stereocenters. The number of nitrogens with zero attached hydrogens (tertiary/aromatic N) is 2. The maximum Gasteiger partial charge on any atom is 0.256 e. The van der Waals surface area contributed by atoms with Gasteiger partial charge in [-0.3, -0.25) is 4.79 Å². The Balaban J connectivity index is 2.14. The molecule has 0 spiro atoms. The molecule has 2 aromatic rings. The summed E-state index contributed by atoms with van der Waals surface area (Å²) in [6, 6.07) is 9.12. The second-order valence-electron chi connectivity index (χ2n) is 5.49. The van der Waals surface area contributed by atoms with Gasteiger partial charge in [-0.2, -0.15) is 0 Å². The minimum Gasteiger partial charge on any atom is -0.306 e. The first-order chi connectivity index (χ1) is 9.36. The second-order valence-corrected chi connectivity index (χ2v) is 5.83. The largest absolute Gasteiger partial charge is 0.306 e. The normalized spacial score (nSPS) is 11.2. The van der Waals surface area contributed by atoms with Crippen LogP contribution in [0.1, 0.15) is 36.7 Å². The van der Waals surface area contributed by atoms with Crippen LogP contribution in [0.15, 0.2) is 36.5 Å². The number of benzene rings is 1. The molecule has 0 radical (unpaired) electrons. The van der Waals surface area contributed by atoms with E-state index in [1.807, 2.05) is 12.1 Å². The summed E-state index contributed by atoms with van der Waals surface area (Å²) in [7, 11) is 0. The molecule has 20 heavy (non-hydrogen) atoms. The maximum absolute atomic E-state index is 12.1. The van der Waals surface area contributed by atoms with Gasteiger partial charge in [-0.15, -0.1) is 0 Å². The Morgan fingerprint density at radius 2 is 1.80 bits per heavy atom. The zero-order valence-electron chi connectivity index (χ0n) is 11.6. The van der Waals surface area contributed by atoms with E-state index in [0.29, 0.717) is 11.4 Å². The Morgan fingerprint density at radius 1 is 1.15 bits per heavy atom. The summed E-state index contributed by atoms with van der Waals surface area (Å²) in [6.45, 7) is 6.39. The monoisotopic (exact) mass is 289 g/mol. The summed E-state index contributed by atoms with van der Waals surface area (Å²) < 4.78 is 0. The molecule has 104 valence electrons. The molecule has 0 saturated carbocycles. The van der Waals surface area contributed by atoms with Crippen molar-refractivity contribution in [2.75, 3.05) is 5.32 Å². The van der Waals surface area contributed by atoms with Crippen LogP contribution in [-0.4, -0.2) is 15.9 Å². The van der Waals surface area contributed by atoms with Crippen LogP contribution in [-0.2, 0) is 5.41 Å². The minimum absolute atomic E-state index is 0.0647. The lowest BCUT2D eigenvalue weighted by Gasteiger charge is -2.19. The van der Waals surface area contributed by atoms with Gasteiger partial charge in [0.1, 0.15) is 5.82 Å². The SMILES string of the molecule is CC(C)(C)c1ccc(C(=O)Nc2ccnc(Cl)n2)cc1. The van der Waals surface area contributed by atoms with Gasteiger partial charge in [0, 0.05) is 11.8 Å². The first kappa shape index (κ1) is 14.5. The summed E-state index contributed by atoms with van der Waals surface area (Å²) in [5.74, 6) is 0.162. The van der Waals surface area contributed by atoms with Crippen molar-refractivity contribution in [2.45, 2.75) is 26.2 Å². The number of amides is 1. The second kappa shape index (κ2) is 5.59. The number of nitrogens with one attached hydrogen (secondary N) is 1. The van der Waals surface area contributed by atoms with Crippen molar-refractivity contribution in [3.05, 3.63) is 52.9 Å². The average molecular weight is 290 g/mol. The van der Waals surface area contributed by atoms with E-state index in [1.165, 1.54) is 11.8 Å². The van der Waals surface area contributed by atoms with Crippen molar-refractivity contribution >= 4 is 23.3 Å². The summed E-state index contributed by atoms with van der Waals surface area (Å²) in [5, 5.41) is 2.79. The molecule has 1 heterocycles. The number of aromatic nitrogens is 2. The molecule has 0 atom stereocenters. The molecule has 0 aliphatic carbocycles. The third-order valence-corrected chi connectivity index (χ3v) is 3.06. The van der Waals surface area contributed by atoms with Crippen molar-refractivity contribution in [1.29, 1.82) is 0 Å². The van der Waals surface area contributed by atoms with E-state index < -0.39 is 0 Å². The Bertz CT molecular complexity index is 618. The lowest BCUT2D eigenvalue weighted by Crippen LogP contribution is -2.15. The van der Waals surface area contributed by atoms with E-state index in [1.54, 1.807) is 18.2 Å². The van der Waals surface area contributed by atoms with Gasteiger partial charge < -0.3 is 5.32 Å². The Kier molecular flexibility index (Phi) is 4.04. The highest BCUT2D eigenvalue weighted by atomic mass is 35.5. The van der Waals surface area contributed by atoms with Crippen LogP contribution in [0.2, 0.25) is 5.28 Å². The van der Waals surface area contributed by atoms with Crippen LogP contribution in [0.3, 0.4) is 0 Å². The number of hydrogen-bond donors (Lipinski definition) is 1. The van der Waals surface area contributed by atoms with Crippen molar-refractivity contribution < 1.29 is 4.79 Å². The molecule has 0 aliphatic heterocycles. The molecule has 1 amide bonds. The molecule has 2 rings (SSSR count). The van der Waals surface area contributed by atoms with E-state index in [0.717, 1.165) is 0 Å². The zero-order valence-corrected chi connectivity index (χ0v) is 12.4. The summed E-state index contributed by atoms with van der Waals surface area (Å²) in [6.07, 6.45) is 1.49. The fourth-order valence-electron chi connectivity index (χ4n) is 1.71. The van der Waals surface area contributed by atoms with Crippen molar-refractivity contribution in [2.24, 2.45) is 0 Å². The van der Waals surface area contributed by atoms with Gasteiger partial charge in [0.25, 0.3) is 5.91 Å². The van der Waals surface area contributed by atoms with E-state index in [2.05, 4.69) is 36.1 Å². The molecular weight excluding hydrogens is 274 g/mol. The van der Waals surface area contributed by atoms with Gasteiger partial charge in [-0.1, -0.05) is 32.9 Å². The first-order valence-corrected chi connectivity index (χ1v) is 6.64. The highest BCUT2D eigenvalue weighted by molar-refractivity contribution is 6.28. The zero-order chi connectivity index (χ0) is 14.8. The van der Waals surface area contributed by atoms with Crippen LogP contribution >= 0.6 is 11.6 Å². The molecule has 0 saturated heterocycles. The van der Waals surface area contributed by atoms with Crippen LogP contribution in [0.25, 0.3) is 0 Å². The van der Waals surface area contributed by atoms with Crippen molar-refractivity contribution in [1.82, 2.24) is 9.97 Å². The molecule has 1 N–H and O–H groups in total. The average Bonchev–Trinajstić information content (AvgIpc) is 2.38. The molecule has 5 heteroatoms. The van der Waals surface area contributed by atoms with Crippen molar-refractivity contribution in [3.63, 3.8) is 0 Å². The fourth-order valence-corrected chi connectivity index (χ4v) is 1.86. The lowest BCUT2D eigenvalue weighted by molar-refractivity contribution is 0.102. The van der Waals surface area contributed by atoms with Gasteiger partial charge in [-0.05, 0) is 40.8 Å². The van der Waals surface area contributed by atoms with Gasteiger partial charge in [0.2, 0.25) is 5.28 Å².